The van der Waals surface area contributed by atoms with E-state index in [9.17, 15) is 23.9 Å². The van der Waals surface area contributed by atoms with Crippen molar-refractivity contribution in [2.75, 3.05) is 7.11 Å². The Balaban J connectivity index is 1.18. The van der Waals surface area contributed by atoms with Crippen LogP contribution in [0.4, 0.5) is 4.39 Å². The summed E-state index contributed by atoms with van der Waals surface area (Å²) in [4.78, 5) is 38.8. The second-order valence-electron chi connectivity index (χ2n) is 13.5. The molecular formula is C31H41FN2O6. The molecule has 218 valence electrons. The molecule has 6 aliphatic carbocycles. The number of carboxylic acids is 1. The number of hydrogen-bond acceptors (Lipinski definition) is 5. The Morgan fingerprint density at radius 1 is 1.05 bits per heavy atom. The zero-order chi connectivity index (χ0) is 28.4. The lowest BCUT2D eigenvalue weighted by Crippen LogP contribution is -2.77. The number of hydrogen-bond donors (Lipinski definition) is 3. The fourth-order valence-corrected chi connectivity index (χ4v) is 8.32. The summed E-state index contributed by atoms with van der Waals surface area (Å²) in [6, 6.07) is 3.31. The molecule has 0 spiro atoms. The van der Waals surface area contributed by atoms with E-state index in [0.717, 1.165) is 24.8 Å². The maximum absolute atomic E-state index is 14.0. The van der Waals surface area contributed by atoms with Crippen LogP contribution in [0.5, 0.6) is 11.5 Å². The maximum atomic E-state index is 14.0. The number of nitrogens with one attached hydrogen (secondary N) is 2. The molecule has 0 aliphatic heterocycles. The van der Waals surface area contributed by atoms with Crippen LogP contribution in [0.15, 0.2) is 12.1 Å². The first-order valence-electron chi connectivity index (χ1n) is 14.9. The molecule has 1 aromatic carbocycles. The third-order valence-electron chi connectivity index (χ3n) is 10.7. The Morgan fingerprint density at radius 3 is 2.33 bits per heavy atom. The van der Waals surface area contributed by atoms with Crippen molar-refractivity contribution in [3.63, 3.8) is 0 Å². The summed E-state index contributed by atoms with van der Waals surface area (Å²) in [6.07, 6.45) is 7.00. The van der Waals surface area contributed by atoms with Crippen LogP contribution < -0.4 is 20.1 Å². The summed E-state index contributed by atoms with van der Waals surface area (Å²) in [6.45, 7) is 3.80. The Labute approximate surface area is 234 Å². The number of benzene rings is 1. The standard InChI is InChI=1S/C31H41FN2O6/c1-4-17-12-23(39-3)21(13-22(17)40-20-7-9-29(2,10-8-20)28(37)38)26(35)33-25-19-6-5-18(11-19)24(25)27(36)34-31-14-30(32,15-31)16-31/h12-13,18-20,24-25H,4-11,14-16H2,1-3H3,(H,33,35)(H,34,36)(H,37,38)/t18-,19+,20-,24+,25-,29+,30?,31?/m1/s1. The van der Waals surface area contributed by atoms with Crippen LogP contribution in [0, 0.1) is 23.2 Å². The van der Waals surface area contributed by atoms with Gasteiger partial charge in [0, 0.05) is 30.8 Å². The summed E-state index contributed by atoms with van der Waals surface area (Å²) in [5.41, 5.74) is -0.907. The number of alkyl halides is 1. The summed E-state index contributed by atoms with van der Waals surface area (Å²) in [5.74, 6) is 0.109. The van der Waals surface area contributed by atoms with Crippen molar-refractivity contribution in [3.8, 4) is 11.5 Å². The predicted octanol–water partition coefficient (Wildman–Crippen LogP) is 4.58. The maximum Gasteiger partial charge on any atom is 0.309 e. The highest BCUT2D eigenvalue weighted by molar-refractivity contribution is 5.98. The van der Waals surface area contributed by atoms with Crippen molar-refractivity contribution in [1.29, 1.82) is 0 Å². The molecule has 3 N–H and O–H groups in total. The number of carbonyl (C=O) groups excluding carboxylic acids is 2. The molecule has 4 bridgehead atoms. The zero-order valence-electron chi connectivity index (χ0n) is 23.7. The monoisotopic (exact) mass is 556 g/mol. The molecule has 8 nitrogen and oxygen atoms in total. The van der Waals surface area contributed by atoms with Crippen molar-refractivity contribution in [2.24, 2.45) is 23.2 Å². The Kier molecular flexibility index (Phi) is 6.58. The van der Waals surface area contributed by atoms with Gasteiger partial charge in [0.25, 0.3) is 5.91 Å². The Bertz CT molecular complexity index is 1200. The summed E-state index contributed by atoms with van der Waals surface area (Å²) >= 11 is 0. The van der Waals surface area contributed by atoms with Gasteiger partial charge >= 0.3 is 5.97 Å². The average molecular weight is 557 g/mol. The van der Waals surface area contributed by atoms with E-state index in [4.69, 9.17) is 9.47 Å². The Morgan fingerprint density at radius 2 is 1.73 bits per heavy atom. The van der Waals surface area contributed by atoms with E-state index in [0.29, 0.717) is 68.4 Å². The van der Waals surface area contributed by atoms with Crippen molar-refractivity contribution in [1.82, 2.24) is 10.6 Å². The summed E-state index contributed by atoms with van der Waals surface area (Å²) in [5, 5.41) is 15.9. The number of fused-ring (bicyclic) bond motifs is 2. The fourth-order valence-electron chi connectivity index (χ4n) is 8.32. The largest absolute Gasteiger partial charge is 0.496 e. The third kappa shape index (κ3) is 4.53. The summed E-state index contributed by atoms with van der Waals surface area (Å²) in [7, 11) is 1.54. The molecule has 4 atom stereocenters. The van der Waals surface area contributed by atoms with Crippen LogP contribution >= 0.6 is 0 Å². The lowest BCUT2D eigenvalue weighted by Gasteiger charge is -2.66. The number of aryl methyl sites for hydroxylation is 1. The fraction of sp³-hybridized carbons (Fsp3) is 0.710. The average Bonchev–Trinajstić information content (AvgIpc) is 3.50. The van der Waals surface area contributed by atoms with E-state index in [-0.39, 0.29) is 47.3 Å². The number of rotatable bonds is 9. The number of ether oxygens (including phenoxy) is 2. The molecule has 1 aromatic rings. The van der Waals surface area contributed by atoms with Crippen molar-refractivity contribution in [2.45, 2.75) is 108 Å². The lowest BCUT2D eigenvalue weighted by molar-refractivity contribution is -0.177. The molecule has 6 fully saturated rings. The number of carboxylic acid groups (broad SMARTS) is 1. The van der Waals surface area contributed by atoms with Crippen LogP contribution in [0.3, 0.4) is 0 Å². The van der Waals surface area contributed by atoms with Crippen LogP contribution in [0.1, 0.15) is 94.0 Å². The number of aliphatic carboxylic acids is 1. The summed E-state index contributed by atoms with van der Waals surface area (Å²) < 4.78 is 26.0. The van der Waals surface area contributed by atoms with Gasteiger partial charge in [-0.15, -0.1) is 0 Å². The number of halogens is 1. The molecule has 0 aromatic heterocycles. The minimum Gasteiger partial charge on any atom is -0.496 e. The second kappa shape index (κ2) is 9.62. The molecule has 2 amide bonds. The molecule has 0 saturated heterocycles. The van der Waals surface area contributed by atoms with E-state index in [1.807, 2.05) is 13.0 Å². The Hall–Kier alpha value is -2.84. The van der Waals surface area contributed by atoms with E-state index in [1.54, 1.807) is 13.0 Å². The number of amides is 2. The molecule has 7 rings (SSSR count). The van der Waals surface area contributed by atoms with Gasteiger partial charge in [-0.05, 0) is 87.8 Å². The second-order valence-corrected chi connectivity index (χ2v) is 13.5. The number of carbonyl (C=O) groups is 3. The molecular weight excluding hydrogens is 515 g/mol. The molecule has 0 unspecified atom stereocenters. The van der Waals surface area contributed by atoms with Gasteiger partial charge in [0.1, 0.15) is 17.2 Å². The van der Waals surface area contributed by atoms with Gasteiger partial charge in [-0.25, -0.2) is 4.39 Å². The van der Waals surface area contributed by atoms with Gasteiger partial charge in [-0.3, -0.25) is 14.4 Å². The quantitative estimate of drug-likeness (QED) is 0.411. The van der Waals surface area contributed by atoms with Gasteiger partial charge in [0.05, 0.1) is 30.1 Å². The predicted molar refractivity (Wildman–Crippen MR) is 145 cm³/mol. The van der Waals surface area contributed by atoms with Gasteiger partial charge in [-0.1, -0.05) is 6.92 Å². The minimum absolute atomic E-state index is 0.0535. The van der Waals surface area contributed by atoms with Crippen molar-refractivity contribution < 1.29 is 33.4 Å². The molecule has 0 radical (unpaired) electrons. The highest BCUT2D eigenvalue weighted by Gasteiger charge is 2.70. The molecule has 40 heavy (non-hydrogen) atoms. The lowest BCUT2D eigenvalue weighted by atomic mass is 9.47. The molecule has 6 saturated carbocycles. The smallest absolute Gasteiger partial charge is 0.309 e. The van der Waals surface area contributed by atoms with E-state index < -0.39 is 17.1 Å². The van der Waals surface area contributed by atoms with Crippen LogP contribution in [0.25, 0.3) is 0 Å². The highest BCUT2D eigenvalue weighted by Crippen LogP contribution is 2.63. The van der Waals surface area contributed by atoms with Crippen molar-refractivity contribution in [3.05, 3.63) is 23.3 Å². The van der Waals surface area contributed by atoms with Crippen LogP contribution in [-0.2, 0) is 16.0 Å². The third-order valence-corrected chi connectivity index (χ3v) is 10.7. The van der Waals surface area contributed by atoms with Crippen molar-refractivity contribution >= 4 is 17.8 Å². The number of methoxy groups -OCH3 is 1. The zero-order valence-corrected chi connectivity index (χ0v) is 23.7. The topological polar surface area (TPSA) is 114 Å². The first-order chi connectivity index (χ1) is 19.0. The minimum atomic E-state index is -1.08. The molecule has 6 aliphatic rings. The molecule has 0 heterocycles. The highest BCUT2D eigenvalue weighted by atomic mass is 19.1. The van der Waals surface area contributed by atoms with E-state index in [1.165, 1.54) is 7.11 Å². The van der Waals surface area contributed by atoms with E-state index >= 15 is 0 Å². The van der Waals surface area contributed by atoms with Gasteiger partial charge in [-0.2, -0.15) is 0 Å². The normalized spacial score (nSPS) is 39.0. The van der Waals surface area contributed by atoms with E-state index in [2.05, 4.69) is 10.6 Å². The van der Waals surface area contributed by atoms with Gasteiger partial charge in [0.2, 0.25) is 5.91 Å². The van der Waals surface area contributed by atoms with Gasteiger partial charge in [0.15, 0.2) is 0 Å². The van der Waals surface area contributed by atoms with Gasteiger partial charge < -0.3 is 25.2 Å². The van der Waals surface area contributed by atoms with Crippen LogP contribution in [-0.4, -0.2) is 53.4 Å². The first kappa shape index (κ1) is 27.3. The SMILES string of the molecule is CCc1cc(OC)c(C(=O)N[C@@H]2[C@H]3CC[C@H](C3)[C@@H]2C(=O)NC23CC(F)(C2)C3)cc1O[C@H]1CC[C@@](C)(C(=O)O)CC1. The molecule has 9 heteroatoms. The van der Waals surface area contributed by atoms with Crippen LogP contribution in [0.2, 0.25) is 0 Å². The first-order valence-corrected chi connectivity index (χ1v) is 14.9.